The number of aromatic nitrogens is 2. The number of hydrogen-bond donors (Lipinski definition) is 1. The number of carbonyl (C=O) groups is 1. The molecule has 0 aliphatic carbocycles. The van der Waals surface area contributed by atoms with Crippen molar-refractivity contribution in [1.82, 2.24) is 20.4 Å². The summed E-state index contributed by atoms with van der Waals surface area (Å²) in [6.07, 6.45) is 1.88. The van der Waals surface area contributed by atoms with Crippen LogP contribution < -0.4 is 5.32 Å². The van der Waals surface area contributed by atoms with E-state index >= 15 is 0 Å². The molecule has 1 atom stereocenters. The highest BCUT2D eigenvalue weighted by atomic mass is 16.5. The van der Waals surface area contributed by atoms with Crippen LogP contribution in [-0.2, 0) is 0 Å². The van der Waals surface area contributed by atoms with Crippen LogP contribution in [0.3, 0.4) is 0 Å². The summed E-state index contributed by atoms with van der Waals surface area (Å²) < 4.78 is 5.24. The van der Waals surface area contributed by atoms with E-state index in [0.29, 0.717) is 24.8 Å². The fourth-order valence-electron chi connectivity index (χ4n) is 2.74. The summed E-state index contributed by atoms with van der Waals surface area (Å²) >= 11 is 0. The molecule has 1 aromatic heterocycles. The van der Waals surface area contributed by atoms with Crippen LogP contribution in [0.5, 0.6) is 0 Å². The second-order valence-electron chi connectivity index (χ2n) is 5.79. The molecule has 0 bridgehead atoms. The molecule has 0 saturated carbocycles. The third-order valence-electron chi connectivity index (χ3n) is 3.94. The Morgan fingerprint density at radius 3 is 3.00 bits per heavy atom. The maximum atomic E-state index is 12.3. The second kappa shape index (κ2) is 7.64. The summed E-state index contributed by atoms with van der Waals surface area (Å²) in [6, 6.07) is 9.61. The van der Waals surface area contributed by atoms with Crippen molar-refractivity contribution < 1.29 is 9.32 Å². The zero-order valence-corrected chi connectivity index (χ0v) is 13.7. The van der Waals surface area contributed by atoms with Gasteiger partial charge in [-0.25, -0.2) is 4.79 Å². The van der Waals surface area contributed by atoms with E-state index in [2.05, 4.69) is 27.3 Å². The normalized spacial score (nSPS) is 17.0. The third-order valence-corrected chi connectivity index (χ3v) is 3.94. The molecule has 2 heterocycles. The minimum absolute atomic E-state index is 0.0988. The quantitative estimate of drug-likeness (QED) is 0.861. The molecule has 1 N–H and O–H groups in total. The molecule has 2 amide bonds. The van der Waals surface area contributed by atoms with Crippen LogP contribution >= 0.6 is 0 Å². The Morgan fingerprint density at radius 2 is 2.25 bits per heavy atom. The van der Waals surface area contributed by atoms with Crippen molar-refractivity contribution in [1.29, 1.82) is 0 Å². The predicted octanol–water partition coefficient (Wildman–Crippen LogP) is 2.32. The third kappa shape index (κ3) is 4.13. The molecular weight excluding hydrogens is 304 g/mol. The number of piperidine rings is 1. The van der Waals surface area contributed by atoms with Gasteiger partial charge in [-0.05, 0) is 31.9 Å². The lowest BCUT2D eigenvalue weighted by Gasteiger charge is -2.30. The smallest absolute Gasteiger partial charge is 0.318 e. The maximum Gasteiger partial charge on any atom is 0.318 e. The number of nitrogens with one attached hydrogen (secondary N) is 1. The Morgan fingerprint density at radius 1 is 1.42 bits per heavy atom. The molecule has 0 radical (unpaired) electrons. The largest absolute Gasteiger partial charge is 0.339 e. The first-order valence-corrected chi connectivity index (χ1v) is 8.09. The second-order valence-corrected chi connectivity index (χ2v) is 5.79. The number of urea groups is 1. The molecule has 0 spiro atoms. The fourth-order valence-corrected chi connectivity index (χ4v) is 2.74. The van der Waals surface area contributed by atoms with Gasteiger partial charge in [0.25, 0.3) is 0 Å². The van der Waals surface area contributed by atoms with Gasteiger partial charge in [0.05, 0.1) is 12.5 Å². The highest BCUT2D eigenvalue weighted by Gasteiger charge is 2.28. The first-order valence-electron chi connectivity index (χ1n) is 8.09. The van der Waals surface area contributed by atoms with Gasteiger partial charge in [-0.3, -0.25) is 0 Å². The van der Waals surface area contributed by atoms with Crippen molar-refractivity contribution in [2.24, 2.45) is 0 Å². The zero-order valence-electron chi connectivity index (χ0n) is 13.7. The predicted molar refractivity (Wildman–Crippen MR) is 89.3 cm³/mol. The monoisotopic (exact) mass is 324 g/mol. The molecule has 124 valence electrons. The number of benzene rings is 1. The van der Waals surface area contributed by atoms with Gasteiger partial charge in [-0.2, -0.15) is 4.98 Å². The van der Waals surface area contributed by atoms with Crippen molar-refractivity contribution in [2.45, 2.75) is 25.7 Å². The molecule has 6 heteroatoms. The average molecular weight is 324 g/mol. The van der Waals surface area contributed by atoms with Crippen LogP contribution in [-0.4, -0.2) is 40.7 Å². The van der Waals surface area contributed by atoms with E-state index in [0.717, 1.165) is 24.9 Å². The summed E-state index contributed by atoms with van der Waals surface area (Å²) in [5.41, 5.74) is 0.941. The van der Waals surface area contributed by atoms with Gasteiger partial charge >= 0.3 is 6.03 Å². The lowest BCUT2D eigenvalue weighted by Crippen LogP contribution is -2.45. The molecule has 2 aromatic rings. The van der Waals surface area contributed by atoms with Gasteiger partial charge in [0.2, 0.25) is 5.89 Å². The van der Waals surface area contributed by atoms with Crippen LogP contribution in [0, 0.1) is 18.8 Å². The zero-order chi connectivity index (χ0) is 16.8. The minimum atomic E-state index is -0.0988. The molecule has 1 aliphatic heterocycles. The highest BCUT2D eigenvalue weighted by Crippen LogP contribution is 2.25. The lowest BCUT2D eigenvalue weighted by atomic mass is 9.98. The number of likely N-dealkylation sites (tertiary alicyclic amines) is 1. The SMILES string of the molecule is Cc1noc([C@H]2CCCN(C(=O)NCC#Cc3ccccc3)C2)n1. The van der Waals surface area contributed by atoms with Crippen LogP contribution in [0.1, 0.15) is 36.0 Å². The van der Waals surface area contributed by atoms with Crippen molar-refractivity contribution in [2.75, 3.05) is 19.6 Å². The number of amides is 2. The summed E-state index contributed by atoms with van der Waals surface area (Å²) in [5.74, 6) is 7.35. The Bertz CT molecular complexity index is 745. The van der Waals surface area contributed by atoms with E-state index < -0.39 is 0 Å². The Labute approximate surface area is 141 Å². The number of rotatable bonds is 2. The molecule has 6 nitrogen and oxygen atoms in total. The molecule has 1 aromatic carbocycles. The van der Waals surface area contributed by atoms with E-state index in [1.165, 1.54) is 0 Å². The van der Waals surface area contributed by atoms with Gasteiger partial charge in [0.15, 0.2) is 5.82 Å². The number of hydrogen-bond acceptors (Lipinski definition) is 4. The minimum Gasteiger partial charge on any atom is -0.339 e. The maximum absolute atomic E-state index is 12.3. The molecule has 0 unspecified atom stereocenters. The summed E-state index contributed by atoms with van der Waals surface area (Å²) in [7, 11) is 0. The van der Waals surface area contributed by atoms with E-state index in [1.807, 2.05) is 30.3 Å². The standard InChI is InChI=1S/C18H20N4O2/c1-14-20-17(24-21-14)16-10-6-12-22(13-16)18(23)19-11-5-9-15-7-3-2-4-8-15/h2-4,7-8,16H,6,10-13H2,1H3,(H,19,23)/t16-/m0/s1. The molecule has 1 fully saturated rings. The van der Waals surface area contributed by atoms with Crippen LogP contribution in [0.2, 0.25) is 0 Å². The van der Waals surface area contributed by atoms with Crippen molar-refractivity contribution in [3.8, 4) is 11.8 Å². The molecular formula is C18H20N4O2. The number of carbonyl (C=O) groups excluding carboxylic acids is 1. The van der Waals surface area contributed by atoms with Crippen molar-refractivity contribution in [3.05, 3.63) is 47.6 Å². The average Bonchev–Trinajstić information content (AvgIpc) is 3.06. The topological polar surface area (TPSA) is 71.3 Å². The van der Waals surface area contributed by atoms with Gasteiger partial charge in [-0.1, -0.05) is 35.2 Å². The van der Waals surface area contributed by atoms with E-state index in [-0.39, 0.29) is 11.9 Å². The Balaban J connectivity index is 1.50. The number of nitrogens with zero attached hydrogens (tertiary/aromatic N) is 3. The van der Waals surface area contributed by atoms with Crippen molar-refractivity contribution in [3.63, 3.8) is 0 Å². The molecule has 1 aliphatic rings. The first-order chi connectivity index (χ1) is 11.7. The van der Waals surface area contributed by atoms with E-state index in [9.17, 15) is 4.79 Å². The van der Waals surface area contributed by atoms with E-state index in [1.54, 1.807) is 11.8 Å². The Kier molecular flexibility index (Phi) is 5.12. The summed E-state index contributed by atoms with van der Waals surface area (Å²) in [6.45, 7) is 3.46. The van der Waals surface area contributed by atoms with Crippen LogP contribution in [0.15, 0.2) is 34.9 Å². The van der Waals surface area contributed by atoms with Gasteiger partial charge in [0, 0.05) is 18.7 Å². The molecule has 3 rings (SSSR count). The molecule has 1 saturated heterocycles. The van der Waals surface area contributed by atoms with Crippen molar-refractivity contribution >= 4 is 6.03 Å². The van der Waals surface area contributed by atoms with Gasteiger partial charge in [-0.15, -0.1) is 0 Å². The number of aryl methyl sites for hydroxylation is 1. The summed E-state index contributed by atoms with van der Waals surface area (Å²) in [4.78, 5) is 18.3. The first kappa shape index (κ1) is 16.1. The van der Waals surface area contributed by atoms with Crippen LogP contribution in [0.4, 0.5) is 4.79 Å². The highest BCUT2D eigenvalue weighted by molar-refractivity contribution is 5.74. The molecule has 24 heavy (non-hydrogen) atoms. The van der Waals surface area contributed by atoms with Crippen LogP contribution in [0.25, 0.3) is 0 Å². The lowest BCUT2D eigenvalue weighted by molar-refractivity contribution is 0.173. The van der Waals surface area contributed by atoms with E-state index in [4.69, 9.17) is 4.52 Å². The Hall–Kier alpha value is -2.81. The van der Waals surface area contributed by atoms with Gasteiger partial charge in [0.1, 0.15) is 0 Å². The fraction of sp³-hybridized carbons (Fsp3) is 0.389. The summed E-state index contributed by atoms with van der Waals surface area (Å²) in [5, 5.41) is 6.67. The van der Waals surface area contributed by atoms with Gasteiger partial charge < -0.3 is 14.7 Å².